The topological polar surface area (TPSA) is 49.7 Å². The molecule has 0 saturated heterocycles. The first-order chi connectivity index (χ1) is 17.5. The van der Waals surface area contributed by atoms with Gasteiger partial charge in [-0.1, -0.05) is 0 Å². The van der Waals surface area contributed by atoms with Gasteiger partial charge in [0.15, 0.2) is 0 Å². The molecule has 4 heteroatoms. The molecule has 0 aliphatic heterocycles. The van der Waals surface area contributed by atoms with Crippen LogP contribution in [-0.2, 0) is 0 Å². The van der Waals surface area contributed by atoms with Gasteiger partial charge in [0.25, 0.3) is 0 Å². The molecule has 0 unspecified atom stereocenters. The summed E-state index contributed by atoms with van der Waals surface area (Å²) in [6.07, 6.45) is 0. The summed E-state index contributed by atoms with van der Waals surface area (Å²) in [5.41, 5.74) is 1.80. The van der Waals surface area contributed by atoms with E-state index in [0.717, 1.165) is 32.7 Å². The Kier molecular flexibility index (Phi) is 5.35. The first kappa shape index (κ1) is 22.5. The summed E-state index contributed by atoms with van der Waals surface area (Å²) >= 11 is 0. The van der Waals surface area contributed by atoms with Crippen molar-refractivity contribution in [1.29, 1.82) is 0 Å². The molecule has 6 rings (SSSR count). The van der Waals surface area contributed by atoms with Crippen molar-refractivity contribution in [3.8, 4) is 16.9 Å². The molecule has 0 radical (unpaired) electrons. The second-order valence-electron chi connectivity index (χ2n) is 8.90. The fourth-order valence-electron chi connectivity index (χ4n) is 4.88. The van der Waals surface area contributed by atoms with Crippen LogP contribution in [0.2, 0.25) is 0 Å². The molecule has 0 aromatic heterocycles. The minimum atomic E-state index is -5.07. The summed E-state index contributed by atoms with van der Waals surface area (Å²) in [5.74, 6) is 0.417. The molecule has 0 aliphatic carbocycles. The predicted octanol–water partition coefficient (Wildman–Crippen LogP) is 6.97. The third-order valence-electron chi connectivity index (χ3n) is 6.66. The van der Waals surface area contributed by atoms with Gasteiger partial charge in [0.05, 0.1) is 0 Å². The number of hydrogen-bond donors (Lipinski definition) is 2. The van der Waals surface area contributed by atoms with Crippen molar-refractivity contribution >= 4 is 39.4 Å². The number of rotatable bonds is 5. The average Bonchev–Trinajstić information content (AvgIpc) is 2.94. The standard InChI is InChI=1S/C32H25O3P/c33-36(34,26-15-3-1-4-16-26,27-17-5-2-6-18-27)35-31-23-22-25-13-8-10-20-29(25)32(31)30-21-11-14-24-12-7-9-19-28(24)30/h1-23,33-34H. The summed E-state index contributed by atoms with van der Waals surface area (Å²) in [7, 11) is -5.07. The van der Waals surface area contributed by atoms with E-state index >= 15 is 0 Å². The molecule has 0 bridgehead atoms. The molecule has 36 heavy (non-hydrogen) atoms. The molecule has 0 fully saturated rings. The molecule has 0 amide bonds. The van der Waals surface area contributed by atoms with E-state index in [1.165, 1.54) is 0 Å². The van der Waals surface area contributed by atoms with Crippen LogP contribution in [0, 0.1) is 0 Å². The van der Waals surface area contributed by atoms with Crippen molar-refractivity contribution in [2.24, 2.45) is 0 Å². The molecule has 0 heterocycles. The second-order valence-corrected chi connectivity index (χ2v) is 12.0. The minimum absolute atomic E-state index is 0.340. The Balaban J connectivity index is 1.67. The Bertz CT molecular complexity index is 1650. The van der Waals surface area contributed by atoms with Gasteiger partial charge < -0.3 is 0 Å². The average molecular weight is 489 g/mol. The van der Waals surface area contributed by atoms with Crippen LogP contribution >= 0.6 is 7.28 Å². The van der Waals surface area contributed by atoms with Gasteiger partial charge in [0.1, 0.15) is 0 Å². The van der Waals surface area contributed by atoms with Gasteiger partial charge in [-0.05, 0) is 0 Å². The van der Waals surface area contributed by atoms with Crippen molar-refractivity contribution in [2.45, 2.75) is 0 Å². The Morgan fingerprint density at radius 3 is 1.58 bits per heavy atom. The zero-order valence-corrected chi connectivity index (χ0v) is 20.4. The van der Waals surface area contributed by atoms with Gasteiger partial charge in [-0.15, -0.1) is 0 Å². The van der Waals surface area contributed by atoms with Crippen LogP contribution in [0.5, 0.6) is 5.75 Å². The van der Waals surface area contributed by atoms with Crippen molar-refractivity contribution in [2.75, 3.05) is 0 Å². The van der Waals surface area contributed by atoms with Crippen LogP contribution in [0.25, 0.3) is 32.7 Å². The van der Waals surface area contributed by atoms with Crippen LogP contribution < -0.4 is 15.1 Å². The maximum atomic E-state index is 12.3. The summed E-state index contributed by atoms with van der Waals surface area (Å²) in [4.78, 5) is 24.6. The van der Waals surface area contributed by atoms with E-state index < -0.39 is 7.28 Å². The zero-order chi connectivity index (χ0) is 24.6. The van der Waals surface area contributed by atoms with E-state index in [-0.39, 0.29) is 0 Å². The Morgan fingerprint density at radius 1 is 0.444 bits per heavy atom. The number of benzene rings is 6. The van der Waals surface area contributed by atoms with E-state index in [1.807, 2.05) is 60.7 Å². The van der Waals surface area contributed by atoms with Crippen molar-refractivity contribution in [1.82, 2.24) is 0 Å². The van der Waals surface area contributed by atoms with Gasteiger partial charge >= 0.3 is 210 Å². The zero-order valence-electron chi connectivity index (χ0n) is 19.5. The third kappa shape index (κ3) is 3.66. The SMILES string of the molecule is OP(O)(Oc1ccc2ccccc2c1-c1cccc2ccccc12)(c1ccccc1)c1ccccc1. The van der Waals surface area contributed by atoms with E-state index in [4.69, 9.17) is 4.52 Å². The molecule has 0 saturated carbocycles. The van der Waals surface area contributed by atoms with Crippen molar-refractivity contribution in [3.05, 3.63) is 140 Å². The fourth-order valence-corrected chi connectivity index (χ4v) is 7.34. The molecule has 6 aromatic rings. The quantitative estimate of drug-likeness (QED) is 0.258. The summed E-state index contributed by atoms with van der Waals surface area (Å²) < 4.78 is 6.55. The second kappa shape index (κ2) is 8.58. The molecular weight excluding hydrogens is 463 g/mol. The monoisotopic (exact) mass is 488 g/mol. The van der Waals surface area contributed by atoms with E-state index in [0.29, 0.717) is 16.4 Å². The molecule has 6 aromatic carbocycles. The van der Waals surface area contributed by atoms with Gasteiger partial charge in [-0.2, -0.15) is 0 Å². The van der Waals surface area contributed by atoms with E-state index in [9.17, 15) is 9.79 Å². The van der Waals surface area contributed by atoms with Crippen LogP contribution in [0.4, 0.5) is 0 Å². The van der Waals surface area contributed by atoms with Crippen LogP contribution in [0.15, 0.2) is 140 Å². The molecule has 0 atom stereocenters. The number of fused-ring (bicyclic) bond motifs is 2. The van der Waals surface area contributed by atoms with E-state index in [2.05, 4.69) is 30.3 Å². The van der Waals surface area contributed by atoms with Crippen molar-refractivity contribution in [3.63, 3.8) is 0 Å². The predicted molar refractivity (Wildman–Crippen MR) is 151 cm³/mol. The summed E-state index contributed by atoms with van der Waals surface area (Å²) in [6.45, 7) is 0. The Labute approximate surface area is 210 Å². The molecule has 0 aliphatic rings. The summed E-state index contributed by atoms with van der Waals surface area (Å²) in [5, 5.41) is 4.87. The molecule has 0 spiro atoms. The maximum absolute atomic E-state index is 12.3. The molecular formula is C32H25O3P. The van der Waals surface area contributed by atoms with Gasteiger partial charge in [0.2, 0.25) is 0 Å². The van der Waals surface area contributed by atoms with Crippen LogP contribution in [0.1, 0.15) is 0 Å². The third-order valence-corrected chi connectivity index (χ3v) is 9.66. The summed E-state index contributed by atoms with van der Waals surface area (Å²) in [6, 6.07) is 44.0. The van der Waals surface area contributed by atoms with Crippen LogP contribution in [0.3, 0.4) is 0 Å². The van der Waals surface area contributed by atoms with Crippen LogP contribution in [-0.4, -0.2) is 9.79 Å². The molecule has 2 N–H and O–H groups in total. The molecule has 3 nitrogen and oxygen atoms in total. The van der Waals surface area contributed by atoms with Gasteiger partial charge in [-0.3, -0.25) is 0 Å². The van der Waals surface area contributed by atoms with Gasteiger partial charge in [-0.25, -0.2) is 0 Å². The normalized spacial score (nSPS) is 12.8. The van der Waals surface area contributed by atoms with E-state index in [1.54, 1.807) is 48.5 Å². The first-order valence-electron chi connectivity index (χ1n) is 11.9. The van der Waals surface area contributed by atoms with Crippen molar-refractivity contribution < 1.29 is 14.3 Å². The first-order valence-corrected chi connectivity index (χ1v) is 13.9. The number of hydrogen-bond acceptors (Lipinski definition) is 3. The molecule has 176 valence electrons. The Hall–Kier alpha value is -4.01. The van der Waals surface area contributed by atoms with Gasteiger partial charge in [0, 0.05) is 0 Å². The Morgan fingerprint density at radius 2 is 0.944 bits per heavy atom. The fraction of sp³-hybridized carbons (Fsp3) is 0.